The Kier molecular flexibility index (Phi) is 5.53. The highest BCUT2D eigenvalue weighted by Crippen LogP contribution is 2.24. The van der Waals surface area contributed by atoms with Gasteiger partial charge in [0, 0.05) is 42.5 Å². The lowest BCUT2D eigenvalue weighted by Crippen LogP contribution is -2.39. The lowest BCUT2D eigenvalue weighted by molar-refractivity contribution is 0.179. The van der Waals surface area contributed by atoms with E-state index in [2.05, 4.69) is 23.5 Å². The zero-order valence-corrected chi connectivity index (χ0v) is 12.1. The highest BCUT2D eigenvalue weighted by atomic mass is 32.2. The molecule has 4 nitrogen and oxygen atoms in total. The third kappa shape index (κ3) is 4.00. The molecule has 0 aliphatic carbocycles. The molecular weight excluding hydrogens is 246 g/mol. The van der Waals surface area contributed by atoms with Crippen LogP contribution in [0.5, 0.6) is 0 Å². The molecule has 2 unspecified atom stereocenters. The molecule has 1 aliphatic heterocycles. The summed E-state index contributed by atoms with van der Waals surface area (Å²) in [6.07, 6.45) is 6.38. The van der Waals surface area contributed by atoms with Crippen LogP contribution < -0.4 is 5.32 Å². The zero-order valence-electron chi connectivity index (χ0n) is 11.3. The van der Waals surface area contributed by atoms with Gasteiger partial charge in [-0.1, -0.05) is 6.92 Å². The van der Waals surface area contributed by atoms with Gasteiger partial charge in [-0.2, -0.15) is 5.10 Å². The highest BCUT2D eigenvalue weighted by Gasteiger charge is 2.25. The molecule has 2 atom stereocenters. The van der Waals surface area contributed by atoms with Gasteiger partial charge in [0.1, 0.15) is 0 Å². The fourth-order valence-electron chi connectivity index (χ4n) is 2.22. The molecule has 18 heavy (non-hydrogen) atoms. The maximum absolute atomic E-state index is 5.51. The third-order valence-electron chi connectivity index (χ3n) is 3.30. The molecule has 5 heteroatoms. The van der Waals surface area contributed by atoms with E-state index < -0.39 is 0 Å². The van der Waals surface area contributed by atoms with Crippen molar-refractivity contribution in [2.45, 2.75) is 30.7 Å². The number of rotatable bonds is 7. The van der Waals surface area contributed by atoms with Crippen LogP contribution in [0.3, 0.4) is 0 Å². The summed E-state index contributed by atoms with van der Waals surface area (Å²) in [6, 6.07) is 0.553. The van der Waals surface area contributed by atoms with Crippen LogP contribution >= 0.6 is 11.8 Å². The molecule has 1 aromatic heterocycles. The first-order valence-corrected chi connectivity index (χ1v) is 7.70. The molecule has 1 saturated heterocycles. The molecule has 1 aliphatic rings. The number of thioether (sulfide) groups is 1. The lowest BCUT2D eigenvalue weighted by Gasteiger charge is -2.23. The Bertz CT molecular complexity index is 350. The monoisotopic (exact) mass is 269 g/mol. The maximum Gasteiger partial charge on any atom is 0.0625 e. The average Bonchev–Trinajstić information content (AvgIpc) is 3.01. The molecule has 2 heterocycles. The van der Waals surface area contributed by atoms with E-state index in [0.717, 1.165) is 25.5 Å². The SMILES string of the molecule is CCCNC(CSc1cnn(C)c1)C1CCOC1. The van der Waals surface area contributed by atoms with Crippen molar-refractivity contribution in [3.8, 4) is 0 Å². The summed E-state index contributed by atoms with van der Waals surface area (Å²) in [6.45, 7) is 5.14. The van der Waals surface area contributed by atoms with Gasteiger partial charge in [0.05, 0.1) is 12.8 Å². The summed E-state index contributed by atoms with van der Waals surface area (Å²) < 4.78 is 7.37. The number of nitrogens with one attached hydrogen (secondary N) is 1. The summed E-state index contributed by atoms with van der Waals surface area (Å²) in [4.78, 5) is 1.25. The van der Waals surface area contributed by atoms with Gasteiger partial charge in [-0.25, -0.2) is 0 Å². The molecule has 0 radical (unpaired) electrons. The van der Waals surface area contributed by atoms with Crippen LogP contribution in [0.1, 0.15) is 19.8 Å². The standard InChI is InChI=1S/C13H23N3OS/c1-3-5-14-13(11-4-6-17-9-11)10-18-12-7-15-16(2)8-12/h7-8,11,13-14H,3-6,9-10H2,1-2H3. The normalized spacial score (nSPS) is 21.3. The Balaban J connectivity index is 1.83. The second kappa shape index (κ2) is 7.16. The summed E-state index contributed by atoms with van der Waals surface area (Å²) in [7, 11) is 1.96. The van der Waals surface area contributed by atoms with Crippen LogP contribution in [-0.2, 0) is 11.8 Å². The van der Waals surface area contributed by atoms with Crippen molar-refractivity contribution in [2.24, 2.45) is 13.0 Å². The summed E-state index contributed by atoms with van der Waals surface area (Å²) in [5, 5.41) is 7.87. The Morgan fingerprint density at radius 2 is 2.56 bits per heavy atom. The van der Waals surface area contributed by atoms with Crippen molar-refractivity contribution in [3.63, 3.8) is 0 Å². The fraction of sp³-hybridized carbons (Fsp3) is 0.769. The molecule has 1 fully saturated rings. The Morgan fingerprint density at radius 3 is 3.17 bits per heavy atom. The van der Waals surface area contributed by atoms with E-state index in [1.165, 1.54) is 17.7 Å². The number of hydrogen-bond acceptors (Lipinski definition) is 4. The molecule has 0 amide bonds. The van der Waals surface area contributed by atoms with E-state index >= 15 is 0 Å². The molecule has 0 spiro atoms. The van der Waals surface area contributed by atoms with Gasteiger partial charge in [0.25, 0.3) is 0 Å². The number of hydrogen-bond donors (Lipinski definition) is 1. The Morgan fingerprint density at radius 1 is 1.67 bits per heavy atom. The molecule has 1 N–H and O–H groups in total. The van der Waals surface area contributed by atoms with Crippen LogP contribution in [0.4, 0.5) is 0 Å². The van der Waals surface area contributed by atoms with E-state index in [1.807, 2.05) is 29.7 Å². The van der Waals surface area contributed by atoms with Crippen LogP contribution in [-0.4, -0.2) is 41.3 Å². The van der Waals surface area contributed by atoms with Gasteiger partial charge in [-0.3, -0.25) is 4.68 Å². The summed E-state index contributed by atoms with van der Waals surface area (Å²) >= 11 is 1.89. The van der Waals surface area contributed by atoms with Crippen LogP contribution in [0, 0.1) is 5.92 Å². The molecular formula is C13H23N3OS. The van der Waals surface area contributed by atoms with Crippen LogP contribution in [0.25, 0.3) is 0 Å². The van der Waals surface area contributed by atoms with Crippen molar-refractivity contribution in [2.75, 3.05) is 25.5 Å². The first-order valence-electron chi connectivity index (χ1n) is 6.72. The second-order valence-corrected chi connectivity index (χ2v) is 5.94. The molecule has 2 rings (SSSR count). The number of ether oxygens (including phenoxy) is 1. The molecule has 0 saturated carbocycles. The van der Waals surface area contributed by atoms with Crippen LogP contribution in [0.15, 0.2) is 17.3 Å². The lowest BCUT2D eigenvalue weighted by atomic mass is 10.0. The average molecular weight is 269 g/mol. The van der Waals surface area contributed by atoms with Crippen molar-refractivity contribution >= 4 is 11.8 Å². The van der Waals surface area contributed by atoms with E-state index in [-0.39, 0.29) is 0 Å². The van der Waals surface area contributed by atoms with E-state index in [9.17, 15) is 0 Å². The van der Waals surface area contributed by atoms with Gasteiger partial charge in [0.2, 0.25) is 0 Å². The largest absolute Gasteiger partial charge is 0.381 e. The minimum Gasteiger partial charge on any atom is -0.381 e. The fourth-order valence-corrected chi connectivity index (χ4v) is 3.33. The van der Waals surface area contributed by atoms with Crippen molar-refractivity contribution in [3.05, 3.63) is 12.4 Å². The van der Waals surface area contributed by atoms with E-state index in [1.54, 1.807) is 0 Å². The van der Waals surface area contributed by atoms with Crippen molar-refractivity contribution in [1.82, 2.24) is 15.1 Å². The van der Waals surface area contributed by atoms with Gasteiger partial charge in [0.15, 0.2) is 0 Å². The quantitative estimate of drug-likeness (QED) is 0.768. The molecule has 0 bridgehead atoms. The predicted octanol–water partition coefficient (Wildman–Crippen LogP) is 1.92. The number of aryl methyl sites for hydroxylation is 1. The summed E-state index contributed by atoms with van der Waals surface area (Å²) in [5.41, 5.74) is 0. The predicted molar refractivity (Wildman–Crippen MR) is 74.9 cm³/mol. The number of aromatic nitrogens is 2. The zero-order chi connectivity index (χ0) is 12.8. The molecule has 1 aromatic rings. The second-order valence-electron chi connectivity index (χ2n) is 4.84. The first-order chi connectivity index (χ1) is 8.79. The first kappa shape index (κ1) is 13.9. The van der Waals surface area contributed by atoms with Crippen molar-refractivity contribution < 1.29 is 4.74 Å². The van der Waals surface area contributed by atoms with E-state index in [0.29, 0.717) is 12.0 Å². The summed E-state index contributed by atoms with van der Waals surface area (Å²) in [5.74, 6) is 1.76. The third-order valence-corrected chi connectivity index (χ3v) is 4.37. The Labute approximate surface area is 113 Å². The maximum atomic E-state index is 5.51. The molecule has 102 valence electrons. The number of nitrogens with zero attached hydrogens (tertiary/aromatic N) is 2. The van der Waals surface area contributed by atoms with Gasteiger partial charge in [-0.15, -0.1) is 11.8 Å². The highest BCUT2D eigenvalue weighted by molar-refractivity contribution is 7.99. The van der Waals surface area contributed by atoms with Gasteiger partial charge in [-0.05, 0) is 19.4 Å². The van der Waals surface area contributed by atoms with Crippen molar-refractivity contribution in [1.29, 1.82) is 0 Å². The van der Waals surface area contributed by atoms with Gasteiger partial charge >= 0.3 is 0 Å². The Hall–Kier alpha value is -0.520. The molecule has 0 aromatic carbocycles. The van der Waals surface area contributed by atoms with Crippen LogP contribution in [0.2, 0.25) is 0 Å². The van der Waals surface area contributed by atoms with E-state index in [4.69, 9.17) is 4.74 Å². The minimum absolute atomic E-state index is 0.553. The van der Waals surface area contributed by atoms with Gasteiger partial charge < -0.3 is 10.1 Å². The topological polar surface area (TPSA) is 39.1 Å². The minimum atomic E-state index is 0.553. The smallest absolute Gasteiger partial charge is 0.0625 e.